The average Bonchev–Trinajstić information content (AvgIpc) is 2.35. The summed E-state index contributed by atoms with van der Waals surface area (Å²) in [6.45, 7) is 3.45. The van der Waals surface area contributed by atoms with Crippen LogP contribution in [0.2, 0.25) is 0 Å². The highest BCUT2D eigenvalue weighted by Crippen LogP contribution is 2.13. The Morgan fingerprint density at radius 2 is 2.06 bits per heavy atom. The molecule has 0 saturated carbocycles. The van der Waals surface area contributed by atoms with E-state index in [0.29, 0.717) is 0 Å². The smallest absolute Gasteiger partial charge is 0.244 e. The van der Waals surface area contributed by atoms with Crippen LogP contribution in [-0.2, 0) is 10.0 Å². The number of sulfonamides is 1. The van der Waals surface area contributed by atoms with E-state index in [0.717, 1.165) is 0 Å². The monoisotopic (exact) mass is 264 g/mol. The molecule has 1 unspecified atom stereocenters. The Labute approximate surface area is 106 Å². The molecule has 0 amide bonds. The summed E-state index contributed by atoms with van der Waals surface area (Å²) in [5.41, 5.74) is -0.189. The van der Waals surface area contributed by atoms with Crippen molar-refractivity contribution in [3.05, 3.63) is 24.0 Å². The fourth-order valence-electron chi connectivity index (χ4n) is 1.23. The maximum Gasteiger partial charge on any atom is 0.244 e. The lowest BCUT2D eigenvalue weighted by Crippen LogP contribution is -2.37. The Balaban J connectivity index is 3.16. The maximum absolute atomic E-state index is 12.0. The summed E-state index contributed by atoms with van der Waals surface area (Å²) in [5.74, 6) is -0.174. The molecular weight excluding hydrogens is 252 g/mol. The summed E-state index contributed by atoms with van der Waals surface area (Å²) < 4.78 is 26.3. The number of rotatable bonds is 4. The van der Waals surface area contributed by atoms with Gasteiger partial charge >= 0.3 is 0 Å². The molecule has 0 bridgehead atoms. The van der Waals surface area contributed by atoms with Crippen molar-refractivity contribution in [2.24, 2.45) is 5.92 Å². The molecular formula is C11H12N4O2S. The third-order valence-electron chi connectivity index (χ3n) is 2.25. The Hall–Kier alpha value is -1.96. The molecule has 0 fully saturated rings. The fraction of sp³-hybridized carbons (Fsp3) is 0.364. The normalized spacial score (nSPS) is 12.7. The van der Waals surface area contributed by atoms with Gasteiger partial charge in [0.05, 0.1) is 6.07 Å². The highest BCUT2D eigenvalue weighted by atomic mass is 32.2. The van der Waals surface area contributed by atoms with Gasteiger partial charge in [-0.3, -0.25) is 0 Å². The summed E-state index contributed by atoms with van der Waals surface area (Å²) in [6.07, 6.45) is 1.34. The van der Waals surface area contributed by atoms with Gasteiger partial charge in [-0.15, -0.1) is 0 Å². The molecule has 1 aromatic heterocycles. The van der Waals surface area contributed by atoms with Gasteiger partial charge < -0.3 is 0 Å². The van der Waals surface area contributed by atoms with Gasteiger partial charge in [0.15, 0.2) is 5.69 Å². The van der Waals surface area contributed by atoms with Crippen molar-refractivity contribution < 1.29 is 8.42 Å². The van der Waals surface area contributed by atoms with Crippen LogP contribution in [0.4, 0.5) is 0 Å². The summed E-state index contributed by atoms with van der Waals surface area (Å²) in [6, 6.07) is 5.44. The van der Waals surface area contributed by atoms with Crippen molar-refractivity contribution in [3.63, 3.8) is 0 Å². The van der Waals surface area contributed by atoms with Crippen molar-refractivity contribution in [1.82, 2.24) is 9.71 Å². The van der Waals surface area contributed by atoms with Gasteiger partial charge in [-0.05, 0) is 18.1 Å². The van der Waals surface area contributed by atoms with E-state index in [2.05, 4.69) is 9.71 Å². The van der Waals surface area contributed by atoms with Crippen LogP contribution in [0.15, 0.2) is 23.2 Å². The van der Waals surface area contributed by atoms with Crippen LogP contribution in [0.25, 0.3) is 0 Å². The minimum atomic E-state index is -3.92. The second kappa shape index (κ2) is 5.58. The molecule has 1 rings (SSSR count). The predicted octanol–water partition coefficient (Wildman–Crippen LogP) is 0.780. The molecule has 7 heteroatoms. The average molecular weight is 264 g/mol. The van der Waals surface area contributed by atoms with E-state index in [1.807, 2.05) is 6.07 Å². The Morgan fingerprint density at radius 3 is 2.56 bits per heavy atom. The second-order valence-corrected chi connectivity index (χ2v) is 5.62. The molecule has 0 saturated heterocycles. The zero-order valence-corrected chi connectivity index (χ0v) is 10.8. The lowest BCUT2D eigenvalue weighted by atomic mass is 10.1. The quantitative estimate of drug-likeness (QED) is 0.864. The van der Waals surface area contributed by atoms with E-state index in [9.17, 15) is 8.42 Å². The number of aromatic nitrogens is 1. The van der Waals surface area contributed by atoms with Gasteiger partial charge in [0.2, 0.25) is 10.0 Å². The predicted molar refractivity (Wildman–Crippen MR) is 63.5 cm³/mol. The fourth-order valence-corrected chi connectivity index (χ4v) is 2.63. The van der Waals surface area contributed by atoms with Crippen molar-refractivity contribution in [3.8, 4) is 12.1 Å². The lowest BCUT2D eigenvalue weighted by Gasteiger charge is -2.15. The van der Waals surface area contributed by atoms with E-state index in [4.69, 9.17) is 10.5 Å². The van der Waals surface area contributed by atoms with Gasteiger partial charge in [0.25, 0.3) is 0 Å². The topological polar surface area (TPSA) is 107 Å². The van der Waals surface area contributed by atoms with Crippen molar-refractivity contribution in [2.45, 2.75) is 24.8 Å². The maximum atomic E-state index is 12.0. The number of nitriles is 2. The van der Waals surface area contributed by atoms with E-state index in [1.165, 1.54) is 18.3 Å². The highest BCUT2D eigenvalue weighted by Gasteiger charge is 2.24. The molecule has 0 radical (unpaired) electrons. The van der Waals surface area contributed by atoms with Crippen molar-refractivity contribution >= 4 is 10.0 Å². The molecule has 0 spiro atoms. The minimum absolute atomic E-state index is 0.174. The van der Waals surface area contributed by atoms with Crippen LogP contribution < -0.4 is 4.72 Å². The lowest BCUT2D eigenvalue weighted by molar-refractivity contribution is 0.515. The van der Waals surface area contributed by atoms with Crippen LogP contribution in [0.1, 0.15) is 19.5 Å². The van der Waals surface area contributed by atoms with E-state index in [-0.39, 0.29) is 16.5 Å². The number of nitrogens with zero attached hydrogens (tertiary/aromatic N) is 3. The van der Waals surface area contributed by atoms with E-state index < -0.39 is 16.1 Å². The standard InChI is InChI=1S/C11H12N4O2S/c1-8(2)9(6-12)15-18(16,17)11-4-3-5-14-10(11)7-13/h3-5,8-9,15H,1-2H3. The summed E-state index contributed by atoms with van der Waals surface area (Å²) >= 11 is 0. The molecule has 0 aromatic carbocycles. The molecule has 6 nitrogen and oxygen atoms in total. The van der Waals surface area contributed by atoms with Crippen LogP contribution in [0.3, 0.4) is 0 Å². The first-order valence-corrected chi connectivity index (χ1v) is 6.67. The van der Waals surface area contributed by atoms with Gasteiger partial charge in [0, 0.05) is 6.20 Å². The first-order chi connectivity index (χ1) is 8.42. The van der Waals surface area contributed by atoms with Gasteiger partial charge in [-0.1, -0.05) is 13.8 Å². The molecule has 0 aliphatic heterocycles. The molecule has 0 aliphatic rings. The van der Waals surface area contributed by atoms with Crippen LogP contribution in [0, 0.1) is 28.6 Å². The van der Waals surface area contributed by atoms with E-state index in [1.54, 1.807) is 19.9 Å². The number of pyridine rings is 1. The number of nitrogens with one attached hydrogen (secondary N) is 1. The first-order valence-electron chi connectivity index (χ1n) is 5.19. The number of hydrogen-bond donors (Lipinski definition) is 1. The third kappa shape index (κ3) is 3.04. The van der Waals surface area contributed by atoms with Crippen molar-refractivity contribution in [1.29, 1.82) is 10.5 Å². The first kappa shape index (κ1) is 14.1. The van der Waals surface area contributed by atoms with Crippen LogP contribution in [0.5, 0.6) is 0 Å². The third-order valence-corrected chi connectivity index (χ3v) is 3.73. The SMILES string of the molecule is CC(C)C(C#N)NS(=O)(=O)c1cccnc1C#N. The minimum Gasteiger partial charge on any atom is -0.244 e. The summed E-state index contributed by atoms with van der Waals surface area (Å²) in [7, 11) is -3.92. The van der Waals surface area contributed by atoms with Gasteiger partial charge in [-0.25, -0.2) is 13.4 Å². The van der Waals surface area contributed by atoms with Gasteiger partial charge in [0.1, 0.15) is 17.0 Å². The molecule has 1 atom stereocenters. The Kier molecular flexibility index (Phi) is 4.38. The molecule has 94 valence electrons. The van der Waals surface area contributed by atoms with Crippen molar-refractivity contribution in [2.75, 3.05) is 0 Å². The zero-order chi connectivity index (χ0) is 13.8. The molecule has 0 aliphatic carbocycles. The summed E-state index contributed by atoms with van der Waals surface area (Å²) in [4.78, 5) is 3.46. The Morgan fingerprint density at radius 1 is 1.39 bits per heavy atom. The molecule has 1 N–H and O–H groups in total. The summed E-state index contributed by atoms with van der Waals surface area (Å²) in [5, 5.41) is 17.7. The molecule has 18 heavy (non-hydrogen) atoms. The number of hydrogen-bond acceptors (Lipinski definition) is 5. The largest absolute Gasteiger partial charge is 0.244 e. The second-order valence-electron chi connectivity index (χ2n) is 3.93. The van der Waals surface area contributed by atoms with Crippen LogP contribution >= 0.6 is 0 Å². The van der Waals surface area contributed by atoms with E-state index >= 15 is 0 Å². The molecule has 1 heterocycles. The Bertz CT molecular complexity index is 611. The zero-order valence-electron chi connectivity index (χ0n) is 9.95. The highest BCUT2D eigenvalue weighted by molar-refractivity contribution is 7.89. The molecule has 1 aromatic rings. The van der Waals surface area contributed by atoms with Gasteiger partial charge in [-0.2, -0.15) is 15.2 Å². The van der Waals surface area contributed by atoms with Crippen LogP contribution in [-0.4, -0.2) is 19.4 Å².